The Kier molecular flexibility index (Phi) is 5.13. The predicted octanol–water partition coefficient (Wildman–Crippen LogP) is 10.00. The molecule has 0 fully saturated rings. The molecule has 216 valence electrons. The molecule has 4 heteroatoms. The SMILES string of the molecule is CC(C)c1cccc(C(C)C)c1N1C(=O)c2ccc3c4ccc5c6c(ccc(c7ccc(c2c37)C1=O)c64)-c1ccccc1C5=O. The first-order valence-electron chi connectivity index (χ1n) is 15.6. The molecule has 0 N–H and O–H groups in total. The maximum Gasteiger partial charge on any atom is 0.266 e. The van der Waals surface area contributed by atoms with Crippen LogP contribution in [0.4, 0.5) is 5.69 Å². The summed E-state index contributed by atoms with van der Waals surface area (Å²) in [6.07, 6.45) is 0. The van der Waals surface area contributed by atoms with Crippen LogP contribution in [0.3, 0.4) is 0 Å². The van der Waals surface area contributed by atoms with Gasteiger partial charge in [0.05, 0.1) is 5.69 Å². The number of carbonyl (C=O) groups excluding carboxylic acids is 3. The fourth-order valence-corrected chi connectivity index (χ4v) is 8.03. The van der Waals surface area contributed by atoms with E-state index in [1.807, 2.05) is 78.9 Å². The summed E-state index contributed by atoms with van der Waals surface area (Å²) in [6, 6.07) is 30.0. The highest BCUT2D eigenvalue weighted by Crippen LogP contribution is 2.49. The monoisotopic (exact) mass is 583 g/mol. The number of nitrogens with zero attached hydrogens (tertiary/aromatic N) is 1. The van der Waals surface area contributed by atoms with E-state index in [1.54, 1.807) is 0 Å². The molecule has 0 aromatic heterocycles. The molecule has 1 heterocycles. The van der Waals surface area contributed by atoms with Gasteiger partial charge in [-0.2, -0.15) is 0 Å². The first-order valence-corrected chi connectivity index (χ1v) is 15.6. The van der Waals surface area contributed by atoms with Crippen molar-refractivity contribution < 1.29 is 14.4 Å². The Labute approximate surface area is 260 Å². The molecule has 2 aliphatic rings. The molecular formula is C41H29NO3. The highest BCUT2D eigenvalue weighted by atomic mass is 16.2. The molecule has 2 amide bonds. The molecule has 1 aliphatic carbocycles. The summed E-state index contributed by atoms with van der Waals surface area (Å²) in [6.45, 7) is 8.39. The van der Waals surface area contributed by atoms with Crippen LogP contribution >= 0.6 is 0 Å². The Hall–Kier alpha value is -5.35. The number of ketones is 1. The summed E-state index contributed by atoms with van der Waals surface area (Å²) in [5.74, 6) is -0.271. The zero-order valence-corrected chi connectivity index (χ0v) is 25.5. The summed E-state index contributed by atoms with van der Waals surface area (Å²) >= 11 is 0. The lowest BCUT2D eigenvalue weighted by atomic mass is 9.78. The van der Waals surface area contributed by atoms with Crippen LogP contribution in [-0.2, 0) is 0 Å². The second-order valence-electron chi connectivity index (χ2n) is 13.1. The number of para-hydroxylation sites is 1. The number of amides is 2. The number of fused-ring (bicyclic) bond motifs is 4. The first kappa shape index (κ1) is 26.1. The molecule has 45 heavy (non-hydrogen) atoms. The topological polar surface area (TPSA) is 54.5 Å². The second-order valence-corrected chi connectivity index (χ2v) is 13.1. The summed E-state index contributed by atoms with van der Waals surface area (Å²) in [4.78, 5) is 44.1. The van der Waals surface area contributed by atoms with Crippen LogP contribution in [0.25, 0.3) is 54.2 Å². The smallest absolute Gasteiger partial charge is 0.266 e. The summed E-state index contributed by atoms with van der Waals surface area (Å²) in [5.41, 5.74) is 7.21. The van der Waals surface area contributed by atoms with Crippen LogP contribution in [0.2, 0.25) is 0 Å². The van der Waals surface area contributed by atoms with Crippen molar-refractivity contribution >= 4 is 66.4 Å². The number of anilines is 1. The molecule has 0 atom stereocenters. The number of hydrogen-bond donors (Lipinski definition) is 0. The van der Waals surface area contributed by atoms with Crippen molar-refractivity contribution in [1.29, 1.82) is 0 Å². The third-order valence-electron chi connectivity index (χ3n) is 10.0. The molecule has 0 spiro atoms. The molecular weight excluding hydrogens is 554 g/mol. The minimum absolute atomic E-state index is 0.0385. The molecule has 7 aromatic rings. The van der Waals surface area contributed by atoms with Crippen LogP contribution < -0.4 is 4.90 Å². The number of carbonyl (C=O) groups is 3. The van der Waals surface area contributed by atoms with Crippen molar-refractivity contribution in [3.8, 4) is 11.1 Å². The van der Waals surface area contributed by atoms with Crippen molar-refractivity contribution in [3.63, 3.8) is 0 Å². The Morgan fingerprint density at radius 1 is 0.422 bits per heavy atom. The number of benzene rings is 7. The van der Waals surface area contributed by atoms with Crippen LogP contribution in [0.5, 0.6) is 0 Å². The fourth-order valence-electron chi connectivity index (χ4n) is 8.03. The van der Waals surface area contributed by atoms with Crippen molar-refractivity contribution in [3.05, 3.63) is 124 Å². The summed E-state index contributed by atoms with van der Waals surface area (Å²) in [7, 11) is 0. The minimum Gasteiger partial charge on any atom is -0.289 e. The molecule has 7 aromatic carbocycles. The van der Waals surface area contributed by atoms with Crippen LogP contribution in [-0.4, -0.2) is 17.6 Å². The van der Waals surface area contributed by atoms with Gasteiger partial charge in [0.2, 0.25) is 0 Å². The highest BCUT2D eigenvalue weighted by molar-refractivity contribution is 6.44. The van der Waals surface area contributed by atoms with Gasteiger partial charge in [-0.05, 0) is 84.6 Å². The lowest BCUT2D eigenvalue weighted by molar-refractivity contribution is 0.0892. The van der Waals surface area contributed by atoms with Crippen molar-refractivity contribution in [2.75, 3.05) is 4.90 Å². The van der Waals surface area contributed by atoms with E-state index in [2.05, 4.69) is 39.8 Å². The first-order chi connectivity index (χ1) is 21.8. The van der Waals surface area contributed by atoms with E-state index in [1.165, 1.54) is 4.90 Å². The third kappa shape index (κ3) is 3.19. The van der Waals surface area contributed by atoms with Crippen molar-refractivity contribution in [1.82, 2.24) is 0 Å². The van der Waals surface area contributed by atoms with Gasteiger partial charge < -0.3 is 0 Å². The Balaban J connectivity index is 1.36. The van der Waals surface area contributed by atoms with Gasteiger partial charge >= 0.3 is 0 Å². The van der Waals surface area contributed by atoms with Gasteiger partial charge in [0.1, 0.15) is 0 Å². The van der Waals surface area contributed by atoms with E-state index in [9.17, 15) is 14.4 Å². The van der Waals surface area contributed by atoms with E-state index in [0.717, 1.165) is 65.5 Å². The van der Waals surface area contributed by atoms with E-state index in [0.29, 0.717) is 27.8 Å². The van der Waals surface area contributed by atoms with Crippen LogP contribution in [0, 0.1) is 0 Å². The Morgan fingerprint density at radius 2 is 0.867 bits per heavy atom. The summed E-state index contributed by atoms with van der Waals surface area (Å²) < 4.78 is 0. The number of hydrogen-bond acceptors (Lipinski definition) is 3. The quantitative estimate of drug-likeness (QED) is 0.118. The third-order valence-corrected chi connectivity index (χ3v) is 10.0. The Morgan fingerprint density at radius 3 is 1.38 bits per heavy atom. The van der Waals surface area contributed by atoms with E-state index in [-0.39, 0.29) is 29.4 Å². The molecule has 1 aliphatic heterocycles. The lowest BCUT2D eigenvalue weighted by Crippen LogP contribution is -2.41. The van der Waals surface area contributed by atoms with E-state index < -0.39 is 0 Å². The lowest BCUT2D eigenvalue weighted by Gasteiger charge is -2.33. The van der Waals surface area contributed by atoms with E-state index in [4.69, 9.17) is 0 Å². The maximum atomic E-state index is 14.5. The molecule has 4 nitrogen and oxygen atoms in total. The van der Waals surface area contributed by atoms with Crippen molar-refractivity contribution in [2.24, 2.45) is 0 Å². The fraction of sp³-hybridized carbons (Fsp3) is 0.146. The average molecular weight is 584 g/mol. The van der Waals surface area contributed by atoms with Gasteiger partial charge in [-0.25, -0.2) is 4.90 Å². The van der Waals surface area contributed by atoms with Gasteiger partial charge in [-0.15, -0.1) is 0 Å². The van der Waals surface area contributed by atoms with Crippen molar-refractivity contribution in [2.45, 2.75) is 39.5 Å². The van der Waals surface area contributed by atoms with Crippen LogP contribution in [0.1, 0.15) is 87.3 Å². The van der Waals surface area contributed by atoms with Gasteiger partial charge in [0.25, 0.3) is 11.8 Å². The predicted molar refractivity (Wildman–Crippen MR) is 182 cm³/mol. The minimum atomic E-state index is -0.288. The Bertz CT molecular complexity index is 2400. The normalized spacial score (nSPS) is 14.3. The average Bonchev–Trinajstić information content (AvgIpc) is 3.05. The molecule has 9 rings (SSSR count). The zero-order chi connectivity index (χ0) is 30.9. The maximum absolute atomic E-state index is 14.5. The molecule has 0 unspecified atom stereocenters. The largest absolute Gasteiger partial charge is 0.289 e. The number of rotatable bonds is 3. The number of imide groups is 1. The zero-order valence-electron chi connectivity index (χ0n) is 25.5. The molecule has 0 saturated heterocycles. The van der Waals surface area contributed by atoms with Gasteiger partial charge in [0, 0.05) is 33.0 Å². The molecule has 0 radical (unpaired) electrons. The highest BCUT2D eigenvalue weighted by Gasteiger charge is 2.38. The molecule has 0 saturated carbocycles. The standard InChI is InChI=1S/C41H29NO3/c1-20(2)22-10-7-11-23(21(3)4)38(22)42-40(44)32-18-15-28-26-13-12-25-24-8-5-6-9-30(24)39(43)31-17-14-27(34(26)36(25)31)29-16-19-33(41(42)45)37(32)35(28)29/h5-21H,1-4H3. The van der Waals surface area contributed by atoms with Gasteiger partial charge in [0.15, 0.2) is 5.78 Å². The van der Waals surface area contributed by atoms with E-state index >= 15 is 0 Å². The van der Waals surface area contributed by atoms with Crippen LogP contribution in [0.15, 0.2) is 91.0 Å². The summed E-state index contributed by atoms with van der Waals surface area (Å²) in [5, 5.41) is 7.64. The molecule has 0 bridgehead atoms. The van der Waals surface area contributed by atoms with Gasteiger partial charge in [-0.1, -0.05) is 100 Å². The second kappa shape index (κ2) is 8.86. The van der Waals surface area contributed by atoms with Gasteiger partial charge in [-0.3, -0.25) is 14.4 Å².